The second kappa shape index (κ2) is 18.7. The molecule has 0 bridgehead atoms. The monoisotopic (exact) mass is 412 g/mol. The predicted molar refractivity (Wildman–Crippen MR) is 72.8 cm³/mol. The van der Waals surface area contributed by atoms with Crippen LogP contribution in [0.1, 0.15) is 13.8 Å². The van der Waals surface area contributed by atoms with Crippen molar-refractivity contribution in [1.82, 2.24) is 0 Å². The summed E-state index contributed by atoms with van der Waals surface area (Å²) < 4.78 is 26.0. The van der Waals surface area contributed by atoms with Gasteiger partial charge in [-0.05, 0) is 13.8 Å². The Labute approximate surface area is 133 Å². The van der Waals surface area contributed by atoms with Gasteiger partial charge in [0.25, 0.3) is 0 Å². The summed E-state index contributed by atoms with van der Waals surface area (Å²) in [5.41, 5.74) is 0.701. The molecule has 120 valence electrons. The molecule has 0 saturated carbocycles. The number of carbonyl (C=O) groups excluding carboxylic acids is 2. The second-order valence-electron chi connectivity index (χ2n) is 3.36. The van der Waals surface area contributed by atoms with Gasteiger partial charge in [-0.2, -0.15) is 0 Å². The van der Waals surface area contributed by atoms with Crippen molar-refractivity contribution in [3.05, 3.63) is 24.3 Å². The first kappa shape index (κ1) is 24.7. The summed E-state index contributed by atoms with van der Waals surface area (Å²) in [6.07, 6.45) is 0. The van der Waals surface area contributed by atoms with Crippen LogP contribution >= 0.6 is 0 Å². The molecule has 0 rings (SSSR count). The zero-order valence-electron chi connectivity index (χ0n) is 12.1. The number of esters is 2. The average Bonchev–Trinajstić information content (AvgIpc) is 2.43. The topological polar surface area (TPSA) is 127 Å². The normalized spacial score (nSPS) is 7.81. The van der Waals surface area contributed by atoms with Crippen LogP contribution in [-0.4, -0.2) is 69.7 Å². The second-order valence-corrected chi connectivity index (χ2v) is 3.84. The molecule has 0 radical (unpaired) electrons. The average molecular weight is 411 g/mol. The van der Waals surface area contributed by atoms with Crippen molar-refractivity contribution >= 4 is 33.1 Å². The van der Waals surface area contributed by atoms with E-state index in [2.05, 4.69) is 22.6 Å². The molecule has 21 heavy (non-hydrogen) atoms. The summed E-state index contributed by atoms with van der Waals surface area (Å²) in [5, 5.41) is 16.4. The summed E-state index contributed by atoms with van der Waals surface area (Å²) in [7, 11) is 0. The maximum absolute atomic E-state index is 10.5. The molecular formula is C12H20O8Sn. The van der Waals surface area contributed by atoms with Crippen LogP contribution in [0, 0.1) is 0 Å². The van der Waals surface area contributed by atoms with Gasteiger partial charge in [0.05, 0.1) is 13.2 Å². The quantitative estimate of drug-likeness (QED) is 0.343. The van der Waals surface area contributed by atoms with Gasteiger partial charge in [0, 0.05) is 11.1 Å². The van der Waals surface area contributed by atoms with Crippen molar-refractivity contribution in [2.24, 2.45) is 0 Å². The van der Waals surface area contributed by atoms with Crippen LogP contribution in [0.5, 0.6) is 0 Å². The van der Waals surface area contributed by atoms with Crippen LogP contribution in [0.25, 0.3) is 0 Å². The molecule has 0 aliphatic carbocycles. The van der Waals surface area contributed by atoms with Gasteiger partial charge < -0.3 is 19.7 Å². The van der Waals surface area contributed by atoms with Crippen LogP contribution in [0.4, 0.5) is 0 Å². The van der Waals surface area contributed by atoms with Crippen molar-refractivity contribution in [2.45, 2.75) is 13.8 Å². The Balaban J connectivity index is -0.000000260. The molecule has 0 aromatic rings. The van der Waals surface area contributed by atoms with E-state index in [1.807, 2.05) is 0 Å². The van der Waals surface area contributed by atoms with Gasteiger partial charge >= 0.3 is 39.2 Å². The molecule has 0 aromatic heterocycles. The maximum atomic E-state index is 10.5. The molecule has 0 aliphatic rings. The van der Waals surface area contributed by atoms with Crippen LogP contribution in [0.2, 0.25) is 0 Å². The zero-order valence-corrected chi connectivity index (χ0v) is 14.9. The Hall–Kier alpha value is -1.26. The van der Waals surface area contributed by atoms with Crippen molar-refractivity contribution in [2.75, 3.05) is 26.4 Å². The first-order chi connectivity index (χ1) is 9.78. The molecule has 0 aliphatic heterocycles. The summed E-state index contributed by atoms with van der Waals surface area (Å²) in [6, 6.07) is 0. The van der Waals surface area contributed by atoms with Gasteiger partial charge in [-0.25, -0.2) is 9.59 Å². The van der Waals surface area contributed by atoms with Gasteiger partial charge in [0.2, 0.25) is 0 Å². The third-order valence-corrected chi connectivity index (χ3v) is 1.35. The van der Waals surface area contributed by atoms with Gasteiger partial charge in [0.15, 0.2) is 0 Å². The van der Waals surface area contributed by atoms with Gasteiger partial charge in [-0.15, -0.1) is 0 Å². The molecule has 0 saturated heterocycles. The Kier molecular flexibility index (Phi) is 22.1. The van der Waals surface area contributed by atoms with E-state index in [4.69, 9.17) is 16.4 Å². The number of ether oxygens (including phenoxy) is 2. The van der Waals surface area contributed by atoms with E-state index in [1.165, 1.54) is 0 Å². The van der Waals surface area contributed by atoms with E-state index in [0.29, 0.717) is 11.1 Å². The van der Waals surface area contributed by atoms with Crippen LogP contribution < -0.4 is 0 Å². The molecule has 0 heterocycles. The van der Waals surface area contributed by atoms with E-state index in [-0.39, 0.29) is 26.4 Å². The third-order valence-electron chi connectivity index (χ3n) is 1.35. The van der Waals surface area contributed by atoms with E-state index < -0.39 is 33.1 Å². The third kappa shape index (κ3) is 24.2. The Morgan fingerprint density at radius 3 is 1.29 bits per heavy atom. The van der Waals surface area contributed by atoms with Crippen molar-refractivity contribution in [3.8, 4) is 0 Å². The first-order valence-corrected chi connectivity index (χ1v) is 7.97. The van der Waals surface area contributed by atoms with Crippen molar-refractivity contribution in [3.63, 3.8) is 0 Å². The van der Waals surface area contributed by atoms with Crippen LogP contribution in [0.3, 0.4) is 0 Å². The summed E-state index contributed by atoms with van der Waals surface area (Å²) in [5.74, 6) is -0.909. The standard InChI is InChI=1S/2C6H10O3.2O.Sn/c2*1-5(2)6(8)9-4-3-7;;;/h2*7H,1,3-4H2,2H3;;;. The molecule has 0 atom stereocenters. The summed E-state index contributed by atoms with van der Waals surface area (Å²) >= 11 is -2.27. The zero-order chi connectivity index (χ0) is 17.3. The van der Waals surface area contributed by atoms with Crippen LogP contribution in [0.15, 0.2) is 24.3 Å². The number of hydrogen-bond acceptors (Lipinski definition) is 8. The number of rotatable bonds is 6. The van der Waals surface area contributed by atoms with Gasteiger partial charge in [-0.1, -0.05) is 13.2 Å². The molecular weight excluding hydrogens is 391 g/mol. The van der Waals surface area contributed by atoms with Gasteiger partial charge in [0.1, 0.15) is 13.2 Å². The minimum absolute atomic E-state index is 0.0473. The minimum atomic E-state index is -2.27. The number of carbonyl (C=O) groups is 2. The SMILES string of the molecule is C=C(C)C(=O)OCCO.C=C(C)C(=O)OCCO.[O]=[Sn]=[O]. The summed E-state index contributed by atoms with van der Waals surface area (Å²) in [6.45, 7) is 9.63. The summed E-state index contributed by atoms with van der Waals surface area (Å²) in [4.78, 5) is 20.9. The fourth-order valence-corrected chi connectivity index (χ4v) is 0.523. The Morgan fingerprint density at radius 2 is 1.14 bits per heavy atom. The predicted octanol–water partition coefficient (Wildman–Crippen LogP) is -0.422. The number of aliphatic hydroxyl groups excluding tert-OH is 2. The molecule has 0 unspecified atom stereocenters. The molecule has 9 heteroatoms. The van der Waals surface area contributed by atoms with E-state index in [9.17, 15) is 9.59 Å². The molecule has 0 aromatic carbocycles. The van der Waals surface area contributed by atoms with E-state index in [1.54, 1.807) is 13.8 Å². The fraction of sp³-hybridized carbons (Fsp3) is 0.500. The van der Waals surface area contributed by atoms with Crippen molar-refractivity contribution < 1.29 is 35.4 Å². The number of hydrogen-bond donors (Lipinski definition) is 2. The molecule has 0 fully saturated rings. The first-order valence-electron chi connectivity index (χ1n) is 5.64. The fourth-order valence-electron chi connectivity index (χ4n) is 0.523. The van der Waals surface area contributed by atoms with Gasteiger partial charge in [-0.3, -0.25) is 0 Å². The molecule has 8 nitrogen and oxygen atoms in total. The van der Waals surface area contributed by atoms with E-state index >= 15 is 0 Å². The molecule has 2 N–H and O–H groups in total. The Morgan fingerprint density at radius 1 is 0.905 bits per heavy atom. The Bertz CT molecular complexity index is 341. The van der Waals surface area contributed by atoms with Crippen molar-refractivity contribution in [1.29, 1.82) is 0 Å². The molecule has 0 spiro atoms. The van der Waals surface area contributed by atoms with Crippen LogP contribution in [-0.2, 0) is 25.2 Å². The number of aliphatic hydroxyl groups is 2. The molecule has 0 amide bonds. The van der Waals surface area contributed by atoms with E-state index in [0.717, 1.165) is 0 Å².